The molecule has 1 heterocycles. The molecule has 0 aliphatic heterocycles. The van der Waals surface area contributed by atoms with Gasteiger partial charge in [0.25, 0.3) is 0 Å². The maximum absolute atomic E-state index is 8.70. The van der Waals surface area contributed by atoms with E-state index in [1.807, 2.05) is 24.3 Å². The Morgan fingerprint density at radius 3 is 2.14 bits per heavy atom. The molecular formula is C19H23NO2. The van der Waals surface area contributed by atoms with Gasteiger partial charge in [0.05, 0.1) is 6.61 Å². The largest absolute Gasteiger partial charge is 0.494 e. The summed E-state index contributed by atoms with van der Waals surface area (Å²) in [5.41, 5.74) is 2.28. The van der Waals surface area contributed by atoms with Crippen molar-refractivity contribution in [3.8, 4) is 5.75 Å². The molecular weight excluding hydrogens is 274 g/mol. The number of aliphatic hydroxyl groups is 1. The maximum Gasteiger partial charge on any atom is 0.119 e. The van der Waals surface area contributed by atoms with Crippen LogP contribution in [-0.4, -0.2) is 23.3 Å². The van der Waals surface area contributed by atoms with Gasteiger partial charge in [-0.1, -0.05) is 30.7 Å². The van der Waals surface area contributed by atoms with Crippen LogP contribution >= 0.6 is 0 Å². The molecule has 0 spiro atoms. The third kappa shape index (κ3) is 6.10. The second kappa shape index (κ2) is 9.74. The number of nitrogens with zero attached hydrogens (tertiary/aromatic N) is 1. The van der Waals surface area contributed by atoms with Crippen LogP contribution < -0.4 is 4.74 Å². The van der Waals surface area contributed by atoms with Gasteiger partial charge in [-0.2, -0.15) is 0 Å². The summed E-state index contributed by atoms with van der Waals surface area (Å²) >= 11 is 0. The van der Waals surface area contributed by atoms with Gasteiger partial charge in [-0.25, -0.2) is 0 Å². The van der Waals surface area contributed by atoms with E-state index < -0.39 is 0 Å². The molecule has 0 radical (unpaired) electrons. The predicted octanol–water partition coefficient (Wildman–Crippen LogP) is 4.18. The molecule has 116 valence electrons. The minimum atomic E-state index is 0.287. The Morgan fingerprint density at radius 1 is 0.818 bits per heavy atom. The van der Waals surface area contributed by atoms with E-state index in [0.29, 0.717) is 0 Å². The molecule has 0 amide bonds. The molecule has 0 bridgehead atoms. The lowest BCUT2D eigenvalue weighted by molar-refractivity contribution is 0.273. The number of benzene rings is 1. The zero-order valence-electron chi connectivity index (χ0n) is 12.8. The first-order valence-electron chi connectivity index (χ1n) is 7.80. The van der Waals surface area contributed by atoms with E-state index >= 15 is 0 Å². The minimum absolute atomic E-state index is 0.287. The highest BCUT2D eigenvalue weighted by molar-refractivity contribution is 5.69. The monoisotopic (exact) mass is 297 g/mol. The molecule has 22 heavy (non-hydrogen) atoms. The van der Waals surface area contributed by atoms with Gasteiger partial charge in [0.15, 0.2) is 0 Å². The van der Waals surface area contributed by atoms with Crippen LogP contribution in [-0.2, 0) is 0 Å². The molecule has 1 aromatic heterocycles. The summed E-state index contributed by atoms with van der Waals surface area (Å²) in [7, 11) is 0. The molecule has 3 heteroatoms. The summed E-state index contributed by atoms with van der Waals surface area (Å²) in [5, 5.41) is 8.70. The number of hydrogen-bond acceptors (Lipinski definition) is 3. The third-order valence-corrected chi connectivity index (χ3v) is 3.38. The molecule has 0 atom stereocenters. The first-order chi connectivity index (χ1) is 10.9. The quantitative estimate of drug-likeness (QED) is 0.706. The summed E-state index contributed by atoms with van der Waals surface area (Å²) in [5.74, 6) is 0.906. The first-order valence-corrected chi connectivity index (χ1v) is 7.80. The smallest absolute Gasteiger partial charge is 0.119 e. The van der Waals surface area contributed by atoms with Gasteiger partial charge in [-0.3, -0.25) is 4.98 Å². The molecule has 2 aromatic rings. The summed E-state index contributed by atoms with van der Waals surface area (Å²) < 4.78 is 5.71. The van der Waals surface area contributed by atoms with E-state index in [-0.39, 0.29) is 6.61 Å². The Balaban J connectivity index is 1.74. The number of aliphatic hydroxyl groups excluding tert-OH is 1. The van der Waals surface area contributed by atoms with E-state index in [9.17, 15) is 0 Å². The van der Waals surface area contributed by atoms with Gasteiger partial charge in [-0.05, 0) is 54.7 Å². The van der Waals surface area contributed by atoms with E-state index in [1.165, 1.54) is 0 Å². The fraction of sp³-hybridized carbons (Fsp3) is 0.316. The summed E-state index contributed by atoms with van der Waals surface area (Å²) in [6.07, 6.45) is 11.8. The van der Waals surface area contributed by atoms with Crippen LogP contribution in [0.4, 0.5) is 0 Å². The number of unbranched alkanes of at least 4 members (excludes halogenated alkanes) is 3. The average molecular weight is 297 g/mol. The topological polar surface area (TPSA) is 42.4 Å². The van der Waals surface area contributed by atoms with Crippen molar-refractivity contribution in [2.75, 3.05) is 13.2 Å². The molecule has 1 aromatic carbocycles. The van der Waals surface area contributed by atoms with Gasteiger partial charge in [0, 0.05) is 19.0 Å². The van der Waals surface area contributed by atoms with Crippen LogP contribution in [0.3, 0.4) is 0 Å². The number of aromatic nitrogens is 1. The van der Waals surface area contributed by atoms with Crippen LogP contribution in [0.5, 0.6) is 5.75 Å². The maximum atomic E-state index is 8.70. The molecule has 3 nitrogen and oxygen atoms in total. The molecule has 0 unspecified atom stereocenters. The Kier molecular flexibility index (Phi) is 7.19. The lowest BCUT2D eigenvalue weighted by atomic mass is 10.1. The van der Waals surface area contributed by atoms with Crippen molar-refractivity contribution in [1.82, 2.24) is 4.98 Å². The Labute approximate surface area is 132 Å². The van der Waals surface area contributed by atoms with Gasteiger partial charge in [0.2, 0.25) is 0 Å². The SMILES string of the molecule is OCCCCCCOc1ccc(C=Cc2ccncc2)cc1. The van der Waals surface area contributed by atoms with Crippen molar-refractivity contribution in [1.29, 1.82) is 0 Å². The van der Waals surface area contributed by atoms with Crippen LogP contribution in [0.15, 0.2) is 48.8 Å². The van der Waals surface area contributed by atoms with Gasteiger partial charge < -0.3 is 9.84 Å². The predicted molar refractivity (Wildman–Crippen MR) is 90.7 cm³/mol. The highest BCUT2D eigenvalue weighted by Gasteiger charge is 1.95. The average Bonchev–Trinajstić information content (AvgIpc) is 2.58. The molecule has 1 N–H and O–H groups in total. The highest BCUT2D eigenvalue weighted by atomic mass is 16.5. The number of rotatable bonds is 9. The van der Waals surface area contributed by atoms with E-state index in [2.05, 4.69) is 29.3 Å². The van der Waals surface area contributed by atoms with Gasteiger partial charge >= 0.3 is 0 Å². The molecule has 2 rings (SSSR count). The second-order valence-electron chi connectivity index (χ2n) is 5.17. The van der Waals surface area contributed by atoms with Crippen molar-refractivity contribution < 1.29 is 9.84 Å². The molecule has 0 aliphatic carbocycles. The standard InChI is InChI=1S/C19H23NO2/c21-15-3-1-2-4-16-22-19-9-7-17(8-10-19)5-6-18-11-13-20-14-12-18/h5-14,21H,1-4,15-16H2. The number of ether oxygens (including phenoxy) is 1. The van der Waals surface area contributed by atoms with Gasteiger partial charge in [-0.15, -0.1) is 0 Å². The number of pyridine rings is 1. The van der Waals surface area contributed by atoms with Crippen LogP contribution in [0.25, 0.3) is 12.2 Å². The summed E-state index contributed by atoms with van der Waals surface area (Å²) in [6, 6.07) is 12.1. The van der Waals surface area contributed by atoms with Crippen molar-refractivity contribution in [3.05, 3.63) is 59.9 Å². The summed E-state index contributed by atoms with van der Waals surface area (Å²) in [6.45, 7) is 1.02. The van der Waals surface area contributed by atoms with E-state index in [4.69, 9.17) is 9.84 Å². The third-order valence-electron chi connectivity index (χ3n) is 3.38. The second-order valence-corrected chi connectivity index (χ2v) is 5.17. The minimum Gasteiger partial charge on any atom is -0.494 e. The fourth-order valence-electron chi connectivity index (χ4n) is 2.10. The van der Waals surface area contributed by atoms with Crippen molar-refractivity contribution in [2.45, 2.75) is 25.7 Å². The first kappa shape index (κ1) is 16.2. The molecule has 0 aliphatic rings. The van der Waals surface area contributed by atoms with Crippen molar-refractivity contribution in [3.63, 3.8) is 0 Å². The van der Waals surface area contributed by atoms with Crippen molar-refractivity contribution in [2.24, 2.45) is 0 Å². The Hall–Kier alpha value is -2.13. The molecule has 0 fully saturated rings. The van der Waals surface area contributed by atoms with Gasteiger partial charge in [0.1, 0.15) is 5.75 Å². The summed E-state index contributed by atoms with van der Waals surface area (Å²) in [4.78, 5) is 4.00. The van der Waals surface area contributed by atoms with Crippen molar-refractivity contribution >= 4 is 12.2 Å². The van der Waals surface area contributed by atoms with Crippen LogP contribution in [0.2, 0.25) is 0 Å². The zero-order chi connectivity index (χ0) is 15.5. The molecule has 0 saturated heterocycles. The van der Waals surface area contributed by atoms with Crippen LogP contribution in [0.1, 0.15) is 36.8 Å². The lowest BCUT2D eigenvalue weighted by Gasteiger charge is -2.06. The highest BCUT2D eigenvalue weighted by Crippen LogP contribution is 2.15. The van der Waals surface area contributed by atoms with E-state index in [1.54, 1.807) is 12.4 Å². The van der Waals surface area contributed by atoms with Crippen LogP contribution in [0, 0.1) is 0 Å². The Morgan fingerprint density at radius 2 is 1.45 bits per heavy atom. The fourth-order valence-corrected chi connectivity index (χ4v) is 2.10. The Bertz CT molecular complexity index is 549. The van der Waals surface area contributed by atoms with E-state index in [0.717, 1.165) is 49.2 Å². The molecule has 0 saturated carbocycles. The normalized spacial score (nSPS) is 11.0. The number of hydrogen-bond donors (Lipinski definition) is 1. The lowest BCUT2D eigenvalue weighted by Crippen LogP contribution is -1.97. The zero-order valence-corrected chi connectivity index (χ0v) is 12.8.